The Morgan fingerprint density at radius 3 is 2.40 bits per heavy atom. The van der Waals surface area contributed by atoms with Gasteiger partial charge in [-0.2, -0.15) is 0 Å². The van der Waals surface area contributed by atoms with Gasteiger partial charge in [-0.25, -0.2) is 0 Å². The Labute approximate surface area is 97.3 Å². The highest BCUT2D eigenvalue weighted by Gasteiger charge is 2.19. The van der Waals surface area contributed by atoms with Crippen molar-refractivity contribution in [1.29, 1.82) is 0 Å². The van der Waals surface area contributed by atoms with E-state index >= 15 is 0 Å². The van der Waals surface area contributed by atoms with Crippen LogP contribution < -0.4 is 5.73 Å². The van der Waals surface area contributed by atoms with Gasteiger partial charge in [-0.05, 0) is 49.2 Å². The second-order valence-electron chi connectivity index (χ2n) is 4.13. The lowest BCUT2D eigenvalue weighted by atomic mass is 10.3. The molecule has 0 aliphatic heterocycles. The maximum absolute atomic E-state index is 5.62. The van der Waals surface area contributed by atoms with Crippen LogP contribution in [0.2, 0.25) is 19.1 Å². The van der Waals surface area contributed by atoms with Crippen molar-refractivity contribution < 1.29 is 4.43 Å². The summed E-state index contributed by atoms with van der Waals surface area (Å²) >= 11 is 1.87. The molecule has 0 radical (unpaired) electrons. The van der Waals surface area contributed by atoms with Crippen molar-refractivity contribution >= 4 is 25.8 Å². The zero-order valence-electron chi connectivity index (χ0n) is 9.62. The molecule has 0 heterocycles. The van der Waals surface area contributed by atoms with E-state index in [9.17, 15) is 0 Å². The van der Waals surface area contributed by atoms with E-state index in [4.69, 9.17) is 10.2 Å². The number of hydrogen-bond donors (Lipinski definition) is 1. The maximum Gasteiger partial charge on any atom is 0.187 e. The molecule has 2 N–H and O–H groups in total. The first-order valence-corrected chi connectivity index (χ1v) is 9.17. The molecule has 0 saturated carbocycles. The van der Waals surface area contributed by atoms with E-state index < -0.39 is 8.32 Å². The molecule has 0 amide bonds. The van der Waals surface area contributed by atoms with Crippen molar-refractivity contribution in [3.8, 4) is 0 Å². The van der Waals surface area contributed by atoms with Crippen LogP contribution in [0.4, 0.5) is 5.69 Å². The highest BCUT2D eigenvalue weighted by Crippen LogP contribution is 2.23. The number of benzene rings is 1. The first kappa shape index (κ1) is 12.6. The predicted molar refractivity (Wildman–Crippen MR) is 70.9 cm³/mol. The second-order valence-corrected chi connectivity index (χ2v) is 9.73. The minimum absolute atomic E-state index is 0.825. The fraction of sp³-hybridized carbons (Fsp3) is 0.455. The van der Waals surface area contributed by atoms with E-state index in [1.165, 1.54) is 10.9 Å². The maximum atomic E-state index is 5.62. The topological polar surface area (TPSA) is 35.2 Å². The molecule has 0 bridgehead atoms. The molecule has 0 saturated heterocycles. The molecule has 0 aromatic heterocycles. The van der Waals surface area contributed by atoms with Crippen molar-refractivity contribution in [3.05, 3.63) is 24.3 Å². The van der Waals surface area contributed by atoms with Crippen molar-refractivity contribution in [2.45, 2.75) is 24.0 Å². The normalized spacial score (nSPS) is 11.7. The van der Waals surface area contributed by atoms with Crippen molar-refractivity contribution in [3.63, 3.8) is 0 Å². The Morgan fingerprint density at radius 2 is 1.87 bits per heavy atom. The van der Waals surface area contributed by atoms with Gasteiger partial charge in [0.25, 0.3) is 0 Å². The summed E-state index contributed by atoms with van der Waals surface area (Å²) in [6, 6.07) is 9.21. The average Bonchev–Trinajstić information content (AvgIpc) is 2.21. The zero-order chi connectivity index (χ0) is 11.3. The van der Waals surface area contributed by atoms with Gasteiger partial charge in [0.2, 0.25) is 0 Å². The van der Waals surface area contributed by atoms with Crippen LogP contribution in [-0.2, 0) is 4.43 Å². The lowest BCUT2D eigenvalue weighted by molar-refractivity contribution is 0.405. The molecule has 4 heteroatoms. The summed E-state index contributed by atoms with van der Waals surface area (Å²) in [5.41, 5.74) is 6.45. The fourth-order valence-corrected chi connectivity index (χ4v) is 4.22. The zero-order valence-corrected chi connectivity index (χ0v) is 11.4. The Balaban J connectivity index is 2.35. The van der Waals surface area contributed by atoms with Crippen LogP contribution in [0.25, 0.3) is 0 Å². The summed E-state index contributed by atoms with van der Waals surface area (Å²) in [5.74, 6) is 1.12. The van der Waals surface area contributed by atoms with Gasteiger partial charge in [-0.15, -0.1) is 11.8 Å². The summed E-state index contributed by atoms with van der Waals surface area (Å²) in [6.07, 6.45) is 0. The van der Waals surface area contributed by atoms with Crippen LogP contribution in [0, 0.1) is 0 Å². The van der Waals surface area contributed by atoms with Crippen LogP contribution in [0.3, 0.4) is 0 Å². The van der Waals surface area contributed by atoms with E-state index in [1.807, 2.05) is 31.0 Å². The summed E-state index contributed by atoms with van der Waals surface area (Å²) in [6.45, 7) is 4.49. The minimum Gasteiger partial charge on any atom is -0.420 e. The van der Waals surface area contributed by atoms with Gasteiger partial charge in [0.1, 0.15) is 0 Å². The largest absolute Gasteiger partial charge is 0.420 e. The number of hydrogen-bond acceptors (Lipinski definition) is 3. The molecule has 0 atom stereocenters. The van der Waals surface area contributed by atoms with Crippen LogP contribution in [0.5, 0.6) is 0 Å². The standard InChI is InChI=1S/C11H19NOSSi/c1-13-15(2,3)9-8-14-11-6-4-10(12)5-7-11/h4-7H,8-9,12H2,1-3H3. The van der Waals surface area contributed by atoms with E-state index in [0.717, 1.165) is 11.4 Å². The number of anilines is 1. The monoisotopic (exact) mass is 241 g/mol. The molecule has 15 heavy (non-hydrogen) atoms. The highest BCUT2D eigenvalue weighted by atomic mass is 32.2. The minimum atomic E-state index is -1.39. The molecule has 0 aliphatic rings. The smallest absolute Gasteiger partial charge is 0.187 e. The van der Waals surface area contributed by atoms with E-state index in [-0.39, 0.29) is 0 Å². The van der Waals surface area contributed by atoms with Crippen LogP contribution in [0.15, 0.2) is 29.2 Å². The lowest BCUT2D eigenvalue weighted by Crippen LogP contribution is -2.28. The van der Waals surface area contributed by atoms with Gasteiger partial charge in [0, 0.05) is 17.7 Å². The van der Waals surface area contributed by atoms with E-state index in [2.05, 4.69) is 25.2 Å². The number of nitrogen functional groups attached to an aromatic ring is 1. The van der Waals surface area contributed by atoms with Gasteiger partial charge in [-0.1, -0.05) is 0 Å². The first-order valence-electron chi connectivity index (χ1n) is 5.07. The summed E-state index contributed by atoms with van der Waals surface area (Å²) in [7, 11) is 0.432. The molecular formula is C11H19NOSSi. The highest BCUT2D eigenvalue weighted by molar-refractivity contribution is 7.99. The van der Waals surface area contributed by atoms with Crippen molar-refractivity contribution in [2.75, 3.05) is 18.6 Å². The van der Waals surface area contributed by atoms with Gasteiger partial charge in [-0.3, -0.25) is 0 Å². The van der Waals surface area contributed by atoms with Crippen LogP contribution in [-0.4, -0.2) is 21.2 Å². The molecule has 2 nitrogen and oxygen atoms in total. The van der Waals surface area contributed by atoms with Gasteiger partial charge in [0.05, 0.1) is 0 Å². The molecule has 1 aromatic rings. The van der Waals surface area contributed by atoms with Crippen LogP contribution in [0.1, 0.15) is 0 Å². The van der Waals surface area contributed by atoms with E-state index in [0.29, 0.717) is 0 Å². The Kier molecular flexibility index (Phi) is 4.69. The summed E-state index contributed by atoms with van der Waals surface area (Å²) in [4.78, 5) is 1.28. The van der Waals surface area contributed by atoms with Gasteiger partial charge >= 0.3 is 0 Å². The predicted octanol–water partition coefficient (Wildman–Crippen LogP) is 3.21. The Bertz CT molecular complexity index is 300. The number of rotatable bonds is 5. The van der Waals surface area contributed by atoms with Crippen molar-refractivity contribution in [2.24, 2.45) is 0 Å². The lowest BCUT2D eigenvalue weighted by Gasteiger charge is -2.19. The summed E-state index contributed by atoms with van der Waals surface area (Å²) in [5, 5.41) is 0. The molecule has 0 unspecified atom stereocenters. The van der Waals surface area contributed by atoms with Crippen LogP contribution >= 0.6 is 11.8 Å². The average molecular weight is 241 g/mol. The molecule has 0 aliphatic carbocycles. The van der Waals surface area contributed by atoms with E-state index in [1.54, 1.807) is 0 Å². The Morgan fingerprint density at radius 1 is 1.27 bits per heavy atom. The summed E-state index contributed by atoms with van der Waals surface area (Å²) < 4.78 is 5.50. The third-order valence-corrected chi connectivity index (χ3v) is 6.34. The third kappa shape index (κ3) is 4.73. The number of nitrogens with two attached hydrogens (primary N) is 1. The fourth-order valence-electron chi connectivity index (χ4n) is 1.08. The second kappa shape index (κ2) is 5.58. The Hall–Kier alpha value is -0.453. The molecule has 0 fully saturated rings. The van der Waals surface area contributed by atoms with Gasteiger partial charge < -0.3 is 10.2 Å². The first-order chi connectivity index (χ1) is 7.03. The molecule has 1 rings (SSSR count). The molecule has 0 spiro atoms. The van der Waals surface area contributed by atoms with Crippen molar-refractivity contribution in [1.82, 2.24) is 0 Å². The molecular weight excluding hydrogens is 222 g/mol. The number of thioether (sulfide) groups is 1. The molecule has 1 aromatic carbocycles. The SMILES string of the molecule is CO[Si](C)(C)CCSc1ccc(N)cc1. The van der Waals surface area contributed by atoms with Gasteiger partial charge in [0.15, 0.2) is 8.32 Å². The molecule has 84 valence electrons. The quantitative estimate of drug-likeness (QED) is 0.488. The third-order valence-electron chi connectivity index (χ3n) is 2.41.